The van der Waals surface area contributed by atoms with E-state index in [1.807, 2.05) is 24.3 Å². The Morgan fingerprint density at radius 2 is 2.05 bits per heavy atom. The van der Waals surface area contributed by atoms with Gasteiger partial charge in [0, 0.05) is 24.6 Å². The van der Waals surface area contributed by atoms with Crippen LogP contribution in [0.15, 0.2) is 29.4 Å². The third kappa shape index (κ3) is 5.43. The summed E-state index contributed by atoms with van der Waals surface area (Å²) in [5.74, 6) is 0.263. The van der Waals surface area contributed by atoms with Gasteiger partial charge in [-0.3, -0.25) is 4.79 Å². The third-order valence-electron chi connectivity index (χ3n) is 3.39. The number of hydrogen-bond acceptors (Lipinski definition) is 4. The fourth-order valence-electron chi connectivity index (χ4n) is 1.99. The highest BCUT2D eigenvalue weighted by atomic mass is 16.4. The lowest BCUT2D eigenvalue weighted by Crippen LogP contribution is -2.26. The number of nitrogens with two attached hydrogens (primary N) is 1. The van der Waals surface area contributed by atoms with Crippen molar-refractivity contribution in [3.8, 4) is 0 Å². The van der Waals surface area contributed by atoms with E-state index < -0.39 is 0 Å². The predicted octanol–water partition coefficient (Wildman–Crippen LogP) is 0.929. The Kier molecular flexibility index (Phi) is 5.57. The Hall–Kier alpha value is -2.08. The highest BCUT2D eigenvalue weighted by Crippen LogP contribution is 2.18. The molecule has 0 aromatic heterocycles. The zero-order valence-corrected chi connectivity index (χ0v) is 12.0. The Bertz CT molecular complexity index is 495. The first-order valence-corrected chi connectivity index (χ1v) is 7.26. The highest BCUT2D eigenvalue weighted by Gasteiger charge is 2.22. The van der Waals surface area contributed by atoms with E-state index in [0.29, 0.717) is 18.0 Å². The lowest BCUT2D eigenvalue weighted by molar-refractivity contribution is -0.121. The number of amides is 1. The van der Waals surface area contributed by atoms with Crippen molar-refractivity contribution in [2.24, 2.45) is 10.9 Å². The number of oxime groups is 1. The second-order valence-corrected chi connectivity index (χ2v) is 5.30. The van der Waals surface area contributed by atoms with Gasteiger partial charge in [0.25, 0.3) is 0 Å². The summed E-state index contributed by atoms with van der Waals surface area (Å²) >= 11 is 0. The number of carbonyl (C=O) groups is 1. The summed E-state index contributed by atoms with van der Waals surface area (Å²) in [4.78, 5) is 11.5. The summed E-state index contributed by atoms with van der Waals surface area (Å²) in [5.41, 5.74) is 7.31. The molecule has 5 N–H and O–H groups in total. The first-order chi connectivity index (χ1) is 10.2. The smallest absolute Gasteiger partial charge is 0.220 e. The summed E-state index contributed by atoms with van der Waals surface area (Å²) in [6, 6.07) is 7.93. The van der Waals surface area contributed by atoms with Gasteiger partial charge in [-0.2, -0.15) is 0 Å². The molecule has 1 aliphatic carbocycles. The van der Waals surface area contributed by atoms with E-state index in [9.17, 15) is 4.79 Å². The molecule has 1 amide bonds. The van der Waals surface area contributed by atoms with Crippen molar-refractivity contribution < 1.29 is 10.0 Å². The number of nitrogens with zero attached hydrogens (tertiary/aromatic N) is 1. The van der Waals surface area contributed by atoms with Crippen molar-refractivity contribution in [1.82, 2.24) is 10.6 Å². The zero-order valence-electron chi connectivity index (χ0n) is 12.0. The molecule has 0 unspecified atom stereocenters. The molecule has 0 heterocycles. The van der Waals surface area contributed by atoms with E-state index in [-0.39, 0.29) is 11.7 Å². The molecular weight excluding hydrogens is 268 g/mol. The van der Waals surface area contributed by atoms with Crippen LogP contribution in [0.1, 0.15) is 36.8 Å². The summed E-state index contributed by atoms with van der Waals surface area (Å²) in [6.45, 7) is 1.54. The van der Waals surface area contributed by atoms with Crippen LogP contribution in [0, 0.1) is 0 Å². The molecule has 1 saturated carbocycles. The SMILES string of the molecule is NC(=NO)c1ccc(CNCCCC(=O)NC2CC2)cc1. The first-order valence-electron chi connectivity index (χ1n) is 7.26. The molecule has 0 atom stereocenters. The Morgan fingerprint density at radius 3 is 2.67 bits per heavy atom. The molecule has 114 valence electrons. The summed E-state index contributed by atoms with van der Waals surface area (Å²) < 4.78 is 0. The topological polar surface area (TPSA) is 99.7 Å². The number of benzene rings is 1. The van der Waals surface area contributed by atoms with E-state index in [1.54, 1.807) is 0 Å². The van der Waals surface area contributed by atoms with Crippen molar-refractivity contribution >= 4 is 11.7 Å². The maximum Gasteiger partial charge on any atom is 0.220 e. The maximum atomic E-state index is 11.5. The molecule has 6 heteroatoms. The van der Waals surface area contributed by atoms with Gasteiger partial charge in [-0.05, 0) is 31.4 Å². The van der Waals surface area contributed by atoms with Gasteiger partial charge in [0.15, 0.2) is 5.84 Å². The van der Waals surface area contributed by atoms with Gasteiger partial charge in [0.2, 0.25) is 5.91 Å². The minimum Gasteiger partial charge on any atom is -0.409 e. The summed E-state index contributed by atoms with van der Waals surface area (Å²) in [7, 11) is 0. The van der Waals surface area contributed by atoms with Gasteiger partial charge in [0.05, 0.1) is 0 Å². The second kappa shape index (κ2) is 7.64. The zero-order chi connectivity index (χ0) is 15.1. The van der Waals surface area contributed by atoms with E-state index in [2.05, 4.69) is 15.8 Å². The molecule has 0 bridgehead atoms. The molecule has 0 spiro atoms. The number of carbonyl (C=O) groups excluding carboxylic acids is 1. The average molecular weight is 290 g/mol. The minimum absolute atomic E-state index is 0.108. The summed E-state index contributed by atoms with van der Waals surface area (Å²) in [6.07, 6.45) is 3.67. The molecule has 2 rings (SSSR count). The molecule has 1 aliphatic rings. The van der Waals surface area contributed by atoms with E-state index in [1.165, 1.54) is 0 Å². The largest absolute Gasteiger partial charge is 0.409 e. The van der Waals surface area contributed by atoms with E-state index in [0.717, 1.165) is 37.9 Å². The number of rotatable bonds is 8. The standard InChI is InChI=1S/C15H22N4O2/c16-15(19-21)12-5-3-11(4-6-12)10-17-9-1-2-14(20)18-13-7-8-13/h3-6,13,17,21H,1-2,7-10H2,(H2,16,19)(H,18,20). The van der Waals surface area contributed by atoms with Gasteiger partial charge in [-0.25, -0.2) is 0 Å². The van der Waals surface area contributed by atoms with Crippen molar-refractivity contribution in [2.75, 3.05) is 6.54 Å². The van der Waals surface area contributed by atoms with Crippen LogP contribution in [0.5, 0.6) is 0 Å². The van der Waals surface area contributed by atoms with Crippen molar-refractivity contribution in [3.05, 3.63) is 35.4 Å². The van der Waals surface area contributed by atoms with Gasteiger partial charge >= 0.3 is 0 Å². The van der Waals surface area contributed by atoms with Crippen LogP contribution in [-0.4, -0.2) is 29.5 Å². The fourth-order valence-corrected chi connectivity index (χ4v) is 1.99. The Balaban J connectivity index is 1.60. The molecule has 6 nitrogen and oxygen atoms in total. The average Bonchev–Trinajstić information content (AvgIpc) is 3.30. The molecule has 1 fully saturated rings. The van der Waals surface area contributed by atoms with Gasteiger partial charge in [-0.1, -0.05) is 29.4 Å². The van der Waals surface area contributed by atoms with Crippen molar-refractivity contribution in [2.45, 2.75) is 38.3 Å². The molecule has 0 saturated heterocycles. The van der Waals surface area contributed by atoms with Crippen LogP contribution in [0.4, 0.5) is 0 Å². The van der Waals surface area contributed by atoms with Gasteiger partial charge < -0.3 is 21.6 Å². The summed E-state index contributed by atoms with van der Waals surface area (Å²) in [5, 5.41) is 17.8. The quantitative estimate of drug-likeness (QED) is 0.188. The monoisotopic (exact) mass is 290 g/mol. The number of amidine groups is 1. The van der Waals surface area contributed by atoms with Gasteiger partial charge in [0.1, 0.15) is 0 Å². The third-order valence-corrected chi connectivity index (χ3v) is 3.39. The van der Waals surface area contributed by atoms with E-state index in [4.69, 9.17) is 10.9 Å². The van der Waals surface area contributed by atoms with Crippen LogP contribution in [0.2, 0.25) is 0 Å². The lowest BCUT2D eigenvalue weighted by atomic mass is 10.1. The molecule has 21 heavy (non-hydrogen) atoms. The van der Waals surface area contributed by atoms with Crippen LogP contribution in [-0.2, 0) is 11.3 Å². The van der Waals surface area contributed by atoms with Crippen LogP contribution in [0.3, 0.4) is 0 Å². The number of nitrogens with one attached hydrogen (secondary N) is 2. The Morgan fingerprint density at radius 1 is 1.33 bits per heavy atom. The molecule has 0 aliphatic heterocycles. The highest BCUT2D eigenvalue weighted by molar-refractivity contribution is 5.96. The van der Waals surface area contributed by atoms with Crippen LogP contribution in [0.25, 0.3) is 0 Å². The minimum atomic E-state index is 0.108. The first kappa shape index (κ1) is 15.3. The van der Waals surface area contributed by atoms with Crippen molar-refractivity contribution in [1.29, 1.82) is 0 Å². The van der Waals surface area contributed by atoms with Crippen LogP contribution >= 0.6 is 0 Å². The molecule has 1 aromatic rings. The second-order valence-electron chi connectivity index (χ2n) is 5.30. The van der Waals surface area contributed by atoms with Crippen molar-refractivity contribution in [3.63, 3.8) is 0 Å². The van der Waals surface area contributed by atoms with E-state index >= 15 is 0 Å². The normalized spacial score (nSPS) is 15.0. The fraction of sp³-hybridized carbons (Fsp3) is 0.467. The van der Waals surface area contributed by atoms with Gasteiger partial charge in [-0.15, -0.1) is 0 Å². The maximum absolute atomic E-state index is 11.5. The van der Waals surface area contributed by atoms with Crippen LogP contribution < -0.4 is 16.4 Å². The Labute approximate surface area is 124 Å². The predicted molar refractivity (Wildman–Crippen MR) is 81.1 cm³/mol. The molecular formula is C15H22N4O2. The molecule has 1 aromatic carbocycles. The number of hydrogen-bond donors (Lipinski definition) is 4. The molecule has 0 radical (unpaired) electrons. The lowest BCUT2D eigenvalue weighted by Gasteiger charge is -2.06.